The molecule has 1 saturated carbocycles. The molecule has 3 aromatic rings. The summed E-state index contributed by atoms with van der Waals surface area (Å²) in [5.74, 6) is 1.54. The van der Waals surface area contributed by atoms with Gasteiger partial charge in [0.15, 0.2) is 0 Å². The highest BCUT2D eigenvalue weighted by Crippen LogP contribution is 2.33. The van der Waals surface area contributed by atoms with Gasteiger partial charge in [0.2, 0.25) is 12.4 Å². The summed E-state index contributed by atoms with van der Waals surface area (Å²) in [7, 11) is 1.68. The van der Waals surface area contributed by atoms with Crippen LogP contribution in [0, 0.1) is 6.92 Å². The van der Waals surface area contributed by atoms with Crippen molar-refractivity contribution in [3.8, 4) is 0 Å². The van der Waals surface area contributed by atoms with Crippen LogP contribution in [0.4, 0.5) is 23.1 Å². The maximum atomic E-state index is 11.6. The molecule has 0 atom stereocenters. The van der Waals surface area contributed by atoms with Gasteiger partial charge in [-0.1, -0.05) is 12.1 Å². The number of nitrogens with one attached hydrogen (secondary N) is 1. The molecule has 172 valence electrons. The van der Waals surface area contributed by atoms with Crippen LogP contribution in [0.1, 0.15) is 29.7 Å². The monoisotopic (exact) mass is 447 g/mol. The Morgan fingerprint density at radius 1 is 1.30 bits per heavy atom. The van der Waals surface area contributed by atoms with E-state index in [2.05, 4.69) is 32.4 Å². The quantitative estimate of drug-likeness (QED) is 0.478. The highest BCUT2D eigenvalue weighted by atomic mass is 16.5. The molecule has 1 fully saturated rings. The maximum Gasteiger partial charge on any atom is 0.229 e. The van der Waals surface area contributed by atoms with Gasteiger partial charge < -0.3 is 19.9 Å². The Morgan fingerprint density at radius 3 is 2.97 bits per heavy atom. The Balaban J connectivity index is 1.33. The van der Waals surface area contributed by atoms with E-state index >= 15 is 0 Å². The lowest BCUT2D eigenvalue weighted by atomic mass is 10.1. The van der Waals surface area contributed by atoms with Crippen LogP contribution < -0.4 is 15.1 Å². The molecule has 0 saturated heterocycles. The van der Waals surface area contributed by atoms with Crippen molar-refractivity contribution in [2.45, 2.75) is 45.3 Å². The number of amides is 1. The Kier molecular flexibility index (Phi) is 5.95. The summed E-state index contributed by atoms with van der Waals surface area (Å²) in [6.07, 6.45) is 7.74. The third-order valence-electron chi connectivity index (χ3n) is 6.17. The first-order valence-corrected chi connectivity index (χ1v) is 11.4. The van der Waals surface area contributed by atoms with Gasteiger partial charge in [-0.25, -0.2) is 4.98 Å². The van der Waals surface area contributed by atoms with Crippen LogP contribution in [0.2, 0.25) is 0 Å². The molecule has 0 bridgehead atoms. The van der Waals surface area contributed by atoms with Gasteiger partial charge in [0.05, 0.1) is 25.0 Å². The Morgan fingerprint density at radius 2 is 2.18 bits per heavy atom. The maximum absolute atomic E-state index is 11.6. The topological polar surface area (TPSA) is 88.4 Å². The number of fused-ring (bicyclic) bond motifs is 1. The standard InChI is InChI=1S/C24H29N7O2/c1-17-22-8-9-29(14-18-4-3-5-21(12-18)31(16-32)20-6-7-20)23(22)28-24(26-17)27-19-13-25-30(15-19)10-11-33-2/h3-5,12-13,15-16,20H,6-11,14H2,1-2H3,(H,26,27,28). The first-order chi connectivity index (χ1) is 16.1. The van der Waals surface area contributed by atoms with Gasteiger partial charge in [-0.15, -0.1) is 0 Å². The van der Waals surface area contributed by atoms with Crippen LogP contribution in [0.5, 0.6) is 0 Å². The number of aryl methyl sites for hydroxylation is 1. The molecule has 5 rings (SSSR count). The van der Waals surface area contributed by atoms with Crippen LogP contribution in [-0.2, 0) is 29.0 Å². The zero-order valence-corrected chi connectivity index (χ0v) is 19.1. The number of aromatic nitrogens is 4. The van der Waals surface area contributed by atoms with Crippen LogP contribution in [0.3, 0.4) is 0 Å². The summed E-state index contributed by atoms with van der Waals surface area (Å²) >= 11 is 0. The zero-order valence-electron chi connectivity index (χ0n) is 19.1. The molecule has 0 unspecified atom stereocenters. The summed E-state index contributed by atoms with van der Waals surface area (Å²) in [6, 6.07) is 8.62. The van der Waals surface area contributed by atoms with Gasteiger partial charge in [-0.05, 0) is 43.9 Å². The largest absolute Gasteiger partial charge is 0.383 e. The summed E-state index contributed by atoms with van der Waals surface area (Å²) in [5, 5.41) is 7.63. The summed E-state index contributed by atoms with van der Waals surface area (Å²) < 4.78 is 6.94. The molecule has 9 nitrogen and oxygen atoms in total. The number of ether oxygens (including phenoxy) is 1. The second-order valence-corrected chi connectivity index (χ2v) is 8.63. The van der Waals surface area contributed by atoms with E-state index in [0.717, 1.165) is 67.2 Å². The number of rotatable bonds is 10. The average Bonchev–Trinajstić information content (AvgIpc) is 3.41. The van der Waals surface area contributed by atoms with Crippen molar-refractivity contribution in [2.75, 3.05) is 35.4 Å². The molecule has 9 heteroatoms. The molecule has 2 aromatic heterocycles. The summed E-state index contributed by atoms with van der Waals surface area (Å²) in [6.45, 7) is 4.97. The fourth-order valence-electron chi connectivity index (χ4n) is 4.31. The second kappa shape index (κ2) is 9.19. The normalized spacial score (nSPS) is 14.9. The van der Waals surface area contributed by atoms with Crippen molar-refractivity contribution >= 4 is 29.6 Å². The molecule has 1 aromatic carbocycles. The van der Waals surface area contributed by atoms with E-state index in [9.17, 15) is 4.79 Å². The second-order valence-electron chi connectivity index (χ2n) is 8.63. The minimum Gasteiger partial charge on any atom is -0.383 e. The summed E-state index contributed by atoms with van der Waals surface area (Å²) in [4.78, 5) is 25.2. The average molecular weight is 448 g/mol. The summed E-state index contributed by atoms with van der Waals surface area (Å²) in [5.41, 5.74) is 5.16. The highest BCUT2D eigenvalue weighted by molar-refractivity contribution is 5.77. The van der Waals surface area contributed by atoms with Crippen molar-refractivity contribution in [3.63, 3.8) is 0 Å². The molecule has 33 heavy (non-hydrogen) atoms. The fraction of sp³-hybridized carbons (Fsp3) is 0.417. The lowest BCUT2D eigenvalue weighted by Crippen LogP contribution is -2.24. The van der Waals surface area contributed by atoms with Gasteiger partial charge in [0.25, 0.3) is 0 Å². The van der Waals surface area contributed by atoms with Crippen molar-refractivity contribution in [3.05, 3.63) is 53.5 Å². The zero-order chi connectivity index (χ0) is 22.8. The predicted molar refractivity (Wildman–Crippen MR) is 127 cm³/mol. The third kappa shape index (κ3) is 4.68. The molecule has 1 amide bonds. The van der Waals surface area contributed by atoms with Crippen LogP contribution in [0.25, 0.3) is 0 Å². The van der Waals surface area contributed by atoms with Gasteiger partial charge in [-0.3, -0.25) is 9.48 Å². The van der Waals surface area contributed by atoms with Crippen LogP contribution in [0.15, 0.2) is 36.7 Å². The number of hydrogen-bond acceptors (Lipinski definition) is 7. The predicted octanol–water partition coefficient (Wildman–Crippen LogP) is 3.06. The van der Waals surface area contributed by atoms with Crippen LogP contribution >= 0.6 is 0 Å². The van der Waals surface area contributed by atoms with Crippen LogP contribution in [-0.4, -0.2) is 52.5 Å². The number of carbonyl (C=O) groups excluding carboxylic acids is 1. The smallest absolute Gasteiger partial charge is 0.229 e. The van der Waals surface area contributed by atoms with Gasteiger partial charge in [0.1, 0.15) is 5.82 Å². The molecule has 2 aliphatic rings. The minimum absolute atomic E-state index is 0.355. The molecular formula is C24H29N7O2. The molecule has 3 heterocycles. The number of anilines is 4. The highest BCUT2D eigenvalue weighted by Gasteiger charge is 2.29. The van der Waals surface area contributed by atoms with Crippen molar-refractivity contribution in [2.24, 2.45) is 0 Å². The molecule has 1 N–H and O–H groups in total. The van der Waals surface area contributed by atoms with E-state index in [4.69, 9.17) is 9.72 Å². The lowest BCUT2D eigenvalue weighted by Gasteiger charge is -2.21. The van der Waals surface area contributed by atoms with E-state index in [1.807, 2.05) is 34.8 Å². The molecule has 0 spiro atoms. The van der Waals surface area contributed by atoms with E-state index in [1.54, 1.807) is 13.3 Å². The van der Waals surface area contributed by atoms with Crippen molar-refractivity contribution in [1.82, 2.24) is 19.7 Å². The number of nitrogens with zero attached hydrogens (tertiary/aromatic N) is 6. The Labute approximate surface area is 193 Å². The number of hydrogen-bond donors (Lipinski definition) is 1. The minimum atomic E-state index is 0.355. The number of methoxy groups -OCH3 is 1. The third-order valence-corrected chi connectivity index (χ3v) is 6.17. The first-order valence-electron chi connectivity index (χ1n) is 11.4. The van der Waals surface area contributed by atoms with Crippen molar-refractivity contribution < 1.29 is 9.53 Å². The van der Waals surface area contributed by atoms with E-state index < -0.39 is 0 Å². The fourth-order valence-corrected chi connectivity index (χ4v) is 4.31. The van der Waals surface area contributed by atoms with Gasteiger partial charge in [-0.2, -0.15) is 10.1 Å². The van der Waals surface area contributed by atoms with Gasteiger partial charge in [0, 0.05) is 49.4 Å². The lowest BCUT2D eigenvalue weighted by molar-refractivity contribution is -0.107. The number of benzene rings is 1. The number of carbonyl (C=O) groups is 1. The van der Waals surface area contributed by atoms with Crippen molar-refractivity contribution in [1.29, 1.82) is 0 Å². The molecular weight excluding hydrogens is 418 g/mol. The molecule has 1 aliphatic carbocycles. The van der Waals surface area contributed by atoms with E-state index in [0.29, 0.717) is 25.1 Å². The Hall–Kier alpha value is -3.46. The Bertz CT molecular complexity index is 1140. The van der Waals surface area contributed by atoms with E-state index in [1.165, 1.54) is 5.56 Å². The van der Waals surface area contributed by atoms with E-state index in [-0.39, 0.29) is 0 Å². The first kappa shape index (κ1) is 21.4. The molecule has 0 radical (unpaired) electrons. The van der Waals surface area contributed by atoms with Gasteiger partial charge >= 0.3 is 0 Å². The molecule has 1 aliphatic heterocycles. The SMILES string of the molecule is COCCn1cc(Nc2nc(C)c3c(n2)N(Cc2cccc(N(C=O)C4CC4)c2)CC3)cn1.